The first kappa shape index (κ1) is 16.1. The van der Waals surface area contributed by atoms with Crippen LogP contribution in [0.4, 0.5) is 0 Å². The zero-order valence-corrected chi connectivity index (χ0v) is 14.2. The molecule has 1 aliphatic carbocycles. The van der Waals surface area contributed by atoms with E-state index in [0.717, 1.165) is 13.1 Å². The van der Waals surface area contributed by atoms with Crippen LogP contribution in [-0.4, -0.2) is 13.1 Å². The van der Waals surface area contributed by atoms with Crippen LogP contribution < -0.4 is 5.32 Å². The molecule has 2 rings (SSSR count). The third-order valence-corrected chi connectivity index (χ3v) is 5.91. The van der Waals surface area contributed by atoms with E-state index in [9.17, 15) is 0 Å². The second kappa shape index (κ2) is 6.25. The van der Waals surface area contributed by atoms with Gasteiger partial charge in [0.05, 0.1) is 10.0 Å². The summed E-state index contributed by atoms with van der Waals surface area (Å²) in [6.07, 6.45) is 5.02. The van der Waals surface area contributed by atoms with Crippen LogP contribution in [0.1, 0.15) is 52.0 Å². The van der Waals surface area contributed by atoms with Crippen LogP contribution in [0.5, 0.6) is 0 Å². The van der Waals surface area contributed by atoms with E-state index in [4.69, 9.17) is 23.2 Å². The molecule has 1 aliphatic rings. The number of hydrogen-bond donors (Lipinski definition) is 1. The molecular weight excluding hydrogens is 289 g/mol. The molecule has 1 aromatic rings. The Kier molecular flexibility index (Phi) is 5.05. The van der Waals surface area contributed by atoms with Gasteiger partial charge in [0.15, 0.2) is 0 Å². The van der Waals surface area contributed by atoms with Gasteiger partial charge in [-0.1, -0.05) is 62.9 Å². The maximum Gasteiger partial charge on any atom is 0.0595 e. The first-order valence-electron chi connectivity index (χ1n) is 7.67. The first-order valence-corrected chi connectivity index (χ1v) is 8.43. The minimum atomic E-state index is 0.232. The molecule has 0 amide bonds. The van der Waals surface area contributed by atoms with E-state index in [-0.39, 0.29) is 5.41 Å². The van der Waals surface area contributed by atoms with Gasteiger partial charge in [-0.15, -0.1) is 0 Å². The molecule has 1 fully saturated rings. The number of benzene rings is 1. The van der Waals surface area contributed by atoms with Crippen LogP contribution in [0.3, 0.4) is 0 Å². The average molecular weight is 314 g/mol. The molecule has 3 heteroatoms. The summed E-state index contributed by atoms with van der Waals surface area (Å²) in [6, 6.07) is 6.15. The van der Waals surface area contributed by atoms with Crippen molar-refractivity contribution in [3.63, 3.8) is 0 Å². The molecule has 0 aromatic heterocycles. The van der Waals surface area contributed by atoms with E-state index in [1.807, 2.05) is 6.07 Å². The summed E-state index contributed by atoms with van der Waals surface area (Å²) in [5, 5.41) is 4.85. The van der Waals surface area contributed by atoms with Crippen molar-refractivity contribution in [2.75, 3.05) is 13.1 Å². The maximum atomic E-state index is 6.22. The third-order valence-electron chi connectivity index (χ3n) is 5.17. The lowest BCUT2D eigenvalue weighted by Crippen LogP contribution is -2.54. The first-order chi connectivity index (χ1) is 9.51. The lowest BCUT2D eigenvalue weighted by atomic mass is 9.48. The van der Waals surface area contributed by atoms with Gasteiger partial charge in [-0.3, -0.25) is 0 Å². The molecule has 0 heterocycles. The summed E-state index contributed by atoms with van der Waals surface area (Å²) >= 11 is 12.3. The van der Waals surface area contributed by atoms with E-state index in [1.165, 1.54) is 31.2 Å². The second-order valence-electron chi connectivity index (χ2n) is 6.25. The quantitative estimate of drug-likeness (QED) is 0.737. The molecule has 0 radical (unpaired) electrons. The highest BCUT2D eigenvalue weighted by Crippen LogP contribution is 2.59. The third kappa shape index (κ3) is 2.86. The predicted molar refractivity (Wildman–Crippen MR) is 88.9 cm³/mol. The van der Waals surface area contributed by atoms with Crippen molar-refractivity contribution in [1.29, 1.82) is 0 Å². The number of hydrogen-bond acceptors (Lipinski definition) is 1. The summed E-state index contributed by atoms with van der Waals surface area (Å²) in [7, 11) is 0. The highest BCUT2D eigenvalue weighted by atomic mass is 35.5. The van der Waals surface area contributed by atoms with Crippen LogP contribution in [-0.2, 0) is 5.41 Å². The van der Waals surface area contributed by atoms with Gasteiger partial charge in [-0.05, 0) is 42.5 Å². The van der Waals surface area contributed by atoms with Crippen molar-refractivity contribution in [1.82, 2.24) is 5.32 Å². The van der Waals surface area contributed by atoms with Crippen molar-refractivity contribution < 1.29 is 0 Å². The van der Waals surface area contributed by atoms with Crippen LogP contribution in [0.2, 0.25) is 10.0 Å². The predicted octanol–water partition coefficient (Wildman–Crippen LogP) is 5.44. The SMILES string of the molecule is CCNCC1(c2ccc(Cl)c(Cl)c2)CC(CC)(CC)C1. The van der Waals surface area contributed by atoms with Crippen molar-refractivity contribution in [3.05, 3.63) is 33.8 Å². The van der Waals surface area contributed by atoms with Gasteiger partial charge in [-0.2, -0.15) is 0 Å². The summed E-state index contributed by atoms with van der Waals surface area (Å²) in [6.45, 7) is 8.83. The fourth-order valence-corrected chi connectivity index (χ4v) is 4.05. The summed E-state index contributed by atoms with van der Waals surface area (Å²) in [5.74, 6) is 0. The molecule has 0 aliphatic heterocycles. The van der Waals surface area contributed by atoms with Crippen LogP contribution >= 0.6 is 23.2 Å². The maximum absolute atomic E-state index is 6.22. The molecule has 1 N–H and O–H groups in total. The molecule has 0 saturated heterocycles. The van der Waals surface area contributed by atoms with Crippen LogP contribution in [0.15, 0.2) is 18.2 Å². The monoisotopic (exact) mass is 313 g/mol. The number of halogens is 2. The molecule has 112 valence electrons. The van der Waals surface area contributed by atoms with Crippen LogP contribution in [0, 0.1) is 5.41 Å². The van der Waals surface area contributed by atoms with Gasteiger partial charge in [0.1, 0.15) is 0 Å². The molecule has 0 bridgehead atoms. The van der Waals surface area contributed by atoms with E-state index in [0.29, 0.717) is 15.5 Å². The number of rotatable bonds is 6. The van der Waals surface area contributed by atoms with Crippen molar-refractivity contribution in [2.45, 2.75) is 51.9 Å². The van der Waals surface area contributed by atoms with Crippen molar-refractivity contribution in [3.8, 4) is 0 Å². The summed E-state index contributed by atoms with van der Waals surface area (Å²) < 4.78 is 0. The Bertz CT molecular complexity index is 458. The van der Waals surface area contributed by atoms with Gasteiger partial charge >= 0.3 is 0 Å². The van der Waals surface area contributed by atoms with E-state index >= 15 is 0 Å². The molecule has 20 heavy (non-hydrogen) atoms. The lowest BCUT2D eigenvalue weighted by molar-refractivity contribution is 0.0132. The number of likely N-dealkylation sites (N-methyl/N-ethyl adjacent to an activating group) is 1. The molecule has 1 aromatic carbocycles. The fraction of sp³-hybridized carbons (Fsp3) is 0.647. The Morgan fingerprint density at radius 2 is 1.70 bits per heavy atom. The average Bonchev–Trinajstić information content (AvgIpc) is 2.42. The standard InChI is InChI=1S/C17H25Cl2N/c1-4-16(5-2)10-17(11-16,12-20-6-3)13-7-8-14(18)15(19)9-13/h7-9,20H,4-6,10-12H2,1-3H3. The minimum Gasteiger partial charge on any atom is -0.316 e. The van der Waals surface area contributed by atoms with E-state index in [1.54, 1.807) is 0 Å². The van der Waals surface area contributed by atoms with Crippen molar-refractivity contribution >= 4 is 23.2 Å². The second-order valence-corrected chi connectivity index (χ2v) is 7.06. The van der Waals surface area contributed by atoms with Gasteiger partial charge < -0.3 is 5.32 Å². The Labute approximate surface area is 133 Å². The van der Waals surface area contributed by atoms with Crippen molar-refractivity contribution in [2.24, 2.45) is 5.41 Å². The van der Waals surface area contributed by atoms with Gasteiger partial charge in [0, 0.05) is 12.0 Å². The lowest BCUT2D eigenvalue weighted by Gasteiger charge is -2.57. The van der Waals surface area contributed by atoms with Gasteiger partial charge in [0.25, 0.3) is 0 Å². The number of nitrogens with one attached hydrogen (secondary N) is 1. The van der Waals surface area contributed by atoms with Gasteiger partial charge in [0.2, 0.25) is 0 Å². The Hall–Kier alpha value is -0.240. The largest absolute Gasteiger partial charge is 0.316 e. The topological polar surface area (TPSA) is 12.0 Å². The zero-order valence-electron chi connectivity index (χ0n) is 12.7. The fourth-order valence-electron chi connectivity index (χ4n) is 3.76. The molecule has 1 nitrogen and oxygen atoms in total. The molecule has 0 unspecified atom stereocenters. The Balaban J connectivity index is 2.27. The summed E-state index contributed by atoms with van der Waals surface area (Å²) in [5.41, 5.74) is 2.09. The summed E-state index contributed by atoms with van der Waals surface area (Å²) in [4.78, 5) is 0. The highest BCUT2D eigenvalue weighted by Gasteiger charge is 2.52. The van der Waals surface area contributed by atoms with Crippen LogP contribution in [0.25, 0.3) is 0 Å². The molecule has 0 atom stereocenters. The van der Waals surface area contributed by atoms with Gasteiger partial charge in [-0.25, -0.2) is 0 Å². The highest BCUT2D eigenvalue weighted by molar-refractivity contribution is 6.42. The molecule has 1 saturated carbocycles. The molecule has 0 spiro atoms. The van der Waals surface area contributed by atoms with E-state index < -0.39 is 0 Å². The zero-order chi connectivity index (χ0) is 14.8. The van der Waals surface area contributed by atoms with E-state index in [2.05, 4.69) is 38.2 Å². The smallest absolute Gasteiger partial charge is 0.0595 e. The minimum absolute atomic E-state index is 0.232. The molecular formula is C17H25Cl2N. The Morgan fingerprint density at radius 3 is 2.20 bits per heavy atom. The Morgan fingerprint density at radius 1 is 1.05 bits per heavy atom. The normalized spacial score (nSPS) is 19.6.